The highest BCUT2D eigenvalue weighted by atomic mass is 16.2. The van der Waals surface area contributed by atoms with Crippen molar-refractivity contribution in [1.82, 2.24) is 10.2 Å². The molecule has 1 aliphatic carbocycles. The van der Waals surface area contributed by atoms with E-state index in [1.165, 1.54) is 24.9 Å². The van der Waals surface area contributed by atoms with Crippen molar-refractivity contribution in [1.29, 1.82) is 0 Å². The summed E-state index contributed by atoms with van der Waals surface area (Å²) in [7, 11) is 0. The van der Waals surface area contributed by atoms with Gasteiger partial charge in [0.2, 0.25) is 5.91 Å². The molecule has 136 valence electrons. The van der Waals surface area contributed by atoms with Crippen LogP contribution in [0.4, 0.5) is 23.0 Å². The molecule has 0 bridgehead atoms. The van der Waals surface area contributed by atoms with Gasteiger partial charge in [-0.15, -0.1) is 10.2 Å². The van der Waals surface area contributed by atoms with Crippen LogP contribution in [0.5, 0.6) is 0 Å². The Bertz CT molecular complexity index is 734. The molecule has 1 saturated carbocycles. The normalized spacial score (nSPS) is 17.5. The van der Waals surface area contributed by atoms with Crippen LogP contribution in [0.25, 0.3) is 0 Å². The maximum atomic E-state index is 11.9. The molecule has 6 heteroatoms. The van der Waals surface area contributed by atoms with Gasteiger partial charge in [0.05, 0.1) is 0 Å². The minimum atomic E-state index is 0.0551. The molecule has 2 fully saturated rings. The summed E-state index contributed by atoms with van der Waals surface area (Å²) in [5, 5.41) is 14.3. The summed E-state index contributed by atoms with van der Waals surface area (Å²) in [4.78, 5) is 14.4. The van der Waals surface area contributed by atoms with Crippen LogP contribution in [0.2, 0.25) is 0 Å². The number of rotatable bonds is 5. The third kappa shape index (κ3) is 3.95. The lowest BCUT2D eigenvalue weighted by atomic mass is 9.85. The second kappa shape index (κ2) is 7.72. The van der Waals surface area contributed by atoms with E-state index in [0.29, 0.717) is 11.6 Å². The Morgan fingerprint density at radius 3 is 2.19 bits per heavy atom. The quantitative estimate of drug-likeness (QED) is 0.853. The van der Waals surface area contributed by atoms with Crippen molar-refractivity contribution in [3.8, 4) is 0 Å². The molecule has 1 saturated heterocycles. The van der Waals surface area contributed by atoms with Gasteiger partial charge in [0.1, 0.15) is 0 Å². The predicted molar refractivity (Wildman–Crippen MR) is 104 cm³/mol. The lowest BCUT2D eigenvalue weighted by Gasteiger charge is -2.28. The first-order valence-electron chi connectivity index (χ1n) is 9.54. The fourth-order valence-corrected chi connectivity index (χ4v) is 3.42. The lowest BCUT2D eigenvalue weighted by Crippen LogP contribution is -2.29. The minimum Gasteiger partial charge on any atom is -0.372 e. The van der Waals surface area contributed by atoms with Crippen molar-refractivity contribution in [2.45, 2.75) is 38.5 Å². The molecule has 0 unspecified atom stereocenters. The van der Waals surface area contributed by atoms with Crippen molar-refractivity contribution < 1.29 is 4.79 Å². The van der Waals surface area contributed by atoms with E-state index < -0.39 is 0 Å². The lowest BCUT2D eigenvalue weighted by molar-refractivity contribution is -0.122. The van der Waals surface area contributed by atoms with E-state index in [-0.39, 0.29) is 11.8 Å². The minimum absolute atomic E-state index is 0.0551. The van der Waals surface area contributed by atoms with Crippen molar-refractivity contribution in [3.63, 3.8) is 0 Å². The average Bonchev–Trinajstić information content (AvgIpc) is 2.63. The Kier molecular flexibility index (Phi) is 5.00. The topological polar surface area (TPSA) is 70.2 Å². The predicted octanol–water partition coefficient (Wildman–Crippen LogP) is 3.95. The molecule has 1 aliphatic heterocycles. The Hall–Kier alpha value is -2.63. The van der Waals surface area contributed by atoms with Crippen molar-refractivity contribution in [2.24, 2.45) is 5.92 Å². The summed E-state index contributed by atoms with van der Waals surface area (Å²) in [6, 6.07) is 12.0. The number of amides is 1. The molecule has 2 aromatic rings. The van der Waals surface area contributed by atoms with Crippen molar-refractivity contribution in [2.75, 3.05) is 28.6 Å². The fourth-order valence-electron chi connectivity index (χ4n) is 3.42. The molecule has 1 aromatic heterocycles. The van der Waals surface area contributed by atoms with Gasteiger partial charge in [-0.05, 0) is 68.5 Å². The molecule has 2 aliphatic rings. The standard InChI is InChI=1S/C20H25N5O/c26-20(15-5-4-6-15)22-19-12-11-18(23-24-19)21-16-7-9-17(10-8-16)25-13-2-1-3-14-25/h7-12,15H,1-6,13-14H2,(H,21,23)(H,22,24,26). The Morgan fingerprint density at radius 2 is 1.58 bits per heavy atom. The molecule has 26 heavy (non-hydrogen) atoms. The maximum Gasteiger partial charge on any atom is 0.228 e. The molecule has 4 rings (SSSR count). The van der Waals surface area contributed by atoms with Crippen LogP contribution in [0.3, 0.4) is 0 Å². The summed E-state index contributed by atoms with van der Waals surface area (Å²) in [6.45, 7) is 2.29. The highest BCUT2D eigenvalue weighted by molar-refractivity contribution is 5.92. The number of anilines is 4. The smallest absolute Gasteiger partial charge is 0.228 e. The van der Waals surface area contributed by atoms with Crippen LogP contribution in [-0.4, -0.2) is 29.2 Å². The third-order valence-electron chi connectivity index (χ3n) is 5.25. The maximum absolute atomic E-state index is 11.9. The van der Waals surface area contributed by atoms with E-state index in [1.807, 2.05) is 6.07 Å². The first kappa shape index (κ1) is 16.8. The summed E-state index contributed by atoms with van der Waals surface area (Å²) >= 11 is 0. The van der Waals surface area contributed by atoms with E-state index in [1.54, 1.807) is 6.07 Å². The SMILES string of the molecule is O=C(Nc1ccc(Nc2ccc(N3CCCCC3)cc2)nn1)C1CCC1. The highest BCUT2D eigenvalue weighted by Gasteiger charge is 2.25. The number of carbonyl (C=O) groups excluding carboxylic acids is 1. The molecule has 0 spiro atoms. The zero-order valence-corrected chi connectivity index (χ0v) is 14.9. The Balaban J connectivity index is 1.33. The molecule has 0 radical (unpaired) electrons. The van der Waals surface area contributed by atoms with Gasteiger partial charge >= 0.3 is 0 Å². The fraction of sp³-hybridized carbons (Fsp3) is 0.450. The molecule has 2 N–H and O–H groups in total. The van der Waals surface area contributed by atoms with Crippen molar-refractivity contribution >= 4 is 28.9 Å². The summed E-state index contributed by atoms with van der Waals surface area (Å²) < 4.78 is 0. The van der Waals surface area contributed by atoms with Crippen LogP contribution in [-0.2, 0) is 4.79 Å². The molecular weight excluding hydrogens is 326 g/mol. The van der Waals surface area contributed by atoms with Gasteiger partial charge in [0, 0.05) is 30.4 Å². The zero-order chi connectivity index (χ0) is 17.8. The molecule has 0 atom stereocenters. The second-order valence-corrected chi connectivity index (χ2v) is 7.14. The summed E-state index contributed by atoms with van der Waals surface area (Å²) in [5.41, 5.74) is 2.25. The van der Waals surface area contributed by atoms with Gasteiger partial charge in [-0.2, -0.15) is 0 Å². The van der Waals surface area contributed by atoms with Gasteiger partial charge in [-0.25, -0.2) is 0 Å². The van der Waals surface area contributed by atoms with Crippen LogP contribution in [0.15, 0.2) is 36.4 Å². The van der Waals surface area contributed by atoms with Gasteiger partial charge < -0.3 is 15.5 Å². The number of piperidine rings is 1. The van der Waals surface area contributed by atoms with Crippen LogP contribution >= 0.6 is 0 Å². The number of nitrogens with one attached hydrogen (secondary N) is 2. The van der Waals surface area contributed by atoms with Crippen LogP contribution < -0.4 is 15.5 Å². The monoisotopic (exact) mass is 351 g/mol. The third-order valence-corrected chi connectivity index (χ3v) is 5.25. The zero-order valence-electron chi connectivity index (χ0n) is 14.9. The average molecular weight is 351 g/mol. The van der Waals surface area contributed by atoms with E-state index in [9.17, 15) is 4.79 Å². The molecular formula is C20H25N5O. The van der Waals surface area contributed by atoms with E-state index in [2.05, 4.69) is 50.0 Å². The largest absolute Gasteiger partial charge is 0.372 e. The number of benzene rings is 1. The Labute approximate surface area is 154 Å². The van der Waals surface area contributed by atoms with E-state index >= 15 is 0 Å². The molecule has 1 aromatic carbocycles. The van der Waals surface area contributed by atoms with Crippen molar-refractivity contribution in [3.05, 3.63) is 36.4 Å². The first-order chi connectivity index (χ1) is 12.8. The summed E-state index contributed by atoms with van der Waals surface area (Å²) in [5.74, 6) is 1.37. The Morgan fingerprint density at radius 1 is 0.885 bits per heavy atom. The van der Waals surface area contributed by atoms with E-state index in [4.69, 9.17) is 0 Å². The van der Waals surface area contributed by atoms with E-state index in [0.717, 1.165) is 38.0 Å². The molecule has 2 heterocycles. The van der Waals surface area contributed by atoms with Gasteiger partial charge in [-0.1, -0.05) is 6.42 Å². The van der Waals surface area contributed by atoms with Crippen LogP contribution in [0, 0.1) is 5.92 Å². The van der Waals surface area contributed by atoms with Gasteiger partial charge in [-0.3, -0.25) is 4.79 Å². The van der Waals surface area contributed by atoms with Gasteiger partial charge in [0.25, 0.3) is 0 Å². The molecule has 6 nitrogen and oxygen atoms in total. The summed E-state index contributed by atoms with van der Waals surface area (Å²) in [6.07, 6.45) is 6.99. The number of aromatic nitrogens is 2. The van der Waals surface area contributed by atoms with Gasteiger partial charge in [0.15, 0.2) is 11.6 Å². The number of hydrogen-bond donors (Lipinski definition) is 2. The van der Waals surface area contributed by atoms with Crippen LogP contribution in [0.1, 0.15) is 38.5 Å². The molecule has 1 amide bonds. The first-order valence-corrected chi connectivity index (χ1v) is 9.54. The second-order valence-electron chi connectivity index (χ2n) is 7.14. The highest BCUT2D eigenvalue weighted by Crippen LogP contribution is 2.27. The number of hydrogen-bond acceptors (Lipinski definition) is 5. The number of nitrogens with zero attached hydrogens (tertiary/aromatic N) is 3. The number of carbonyl (C=O) groups is 1.